The number of benzene rings is 1. The van der Waals surface area contributed by atoms with Crippen molar-refractivity contribution in [3.05, 3.63) is 35.9 Å². The molecule has 1 amide bonds. The molecular weight excluding hydrogens is 221 g/mol. The van der Waals surface area contributed by atoms with E-state index in [9.17, 15) is 9.18 Å². The van der Waals surface area contributed by atoms with Gasteiger partial charge < -0.3 is 10.1 Å². The van der Waals surface area contributed by atoms with Gasteiger partial charge in [-0.3, -0.25) is 0 Å². The summed E-state index contributed by atoms with van der Waals surface area (Å²) in [6, 6.07) is 9.39. The lowest BCUT2D eigenvalue weighted by molar-refractivity contribution is 0.135. The molecule has 2 atom stereocenters. The Morgan fingerprint density at radius 1 is 1.35 bits per heavy atom. The topological polar surface area (TPSA) is 38.3 Å². The number of amides is 1. The fourth-order valence-electron chi connectivity index (χ4n) is 1.99. The van der Waals surface area contributed by atoms with Gasteiger partial charge in [0.15, 0.2) is 0 Å². The van der Waals surface area contributed by atoms with Crippen LogP contribution in [-0.2, 0) is 11.3 Å². The number of carbonyl (C=O) groups is 1. The molecule has 3 nitrogen and oxygen atoms in total. The number of hydrogen-bond acceptors (Lipinski definition) is 2. The zero-order valence-electron chi connectivity index (χ0n) is 9.56. The first kappa shape index (κ1) is 11.9. The van der Waals surface area contributed by atoms with Gasteiger partial charge >= 0.3 is 6.09 Å². The van der Waals surface area contributed by atoms with Crippen LogP contribution in [0.5, 0.6) is 0 Å². The van der Waals surface area contributed by atoms with Crippen LogP contribution in [0.2, 0.25) is 0 Å². The summed E-state index contributed by atoms with van der Waals surface area (Å²) in [5.41, 5.74) is 0.942. The van der Waals surface area contributed by atoms with Gasteiger partial charge in [-0.15, -0.1) is 0 Å². The Labute approximate surface area is 100.0 Å². The fraction of sp³-hybridized carbons (Fsp3) is 0.462. The van der Waals surface area contributed by atoms with Crippen LogP contribution in [0.1, 0.15) is 24.8 Å². The average molecular weight is 237 g/mol. The van der Waals surface area contributed by atoms with Gasteiger partial charge in [0.2, 0.25) is 0 Å². The van der Waals surface area contributed by atoms with Crippen LogP contribution >= 0.6 is 0 Å². The first-order valence-corrected chi connectivity index (χ1v) is 5.85. The molecule has 0 spiro atoms. The minimum Gasteiger partial charge on any atom is -0.445 e. The number of nitrogens with one attached hydrogen (secondary N) is 1. The molecule has 1 aromatic rings. The molecular formula is C13H16FNO2. The highest BCUT2D eigenvalue weighted by Crippen LogP contribution is 2.21. The molecule has 1 N–H and O–H groups in total. The Hall–Kier alpha value is -1.58. The lowest BCUT2D eigenvalue weighted by Crippen LogP contribution is -2.33. The highest BCUT2D eigenvalue weighted by molar-refractivity contribution is 5.67. The second-order valence-corrected chi connectivity index (χ2v) is 4.31. The third-order valence-corrected chi connectivity index (χ3v) is 2.90. The van der Waals surface area contributed by atoms with Crippen LogP contribution < -0.4 is 5.32 Å². The Kier molecular flexibility index (Phi) is 3.96. The van der Waals surface area contributed by atoms with Crippen molar-refractivity contribution >= 4 is 6.09 Å². The van der Waals surface area contributed by atoms with Gasteiger partial charge in [0.05, 0.1) is 0 Å². The molecule has 2 rings (SSSR count). The van der Waals surface area contributed by atoms with Crippen LogP contribution in [0.4, 0.5) is 9.18 Å². The highest BCUT2D eigenvalue weighted by Gasteiger charge is 2.25. The Balaban J connectivity index is 1.71. The number of halogens is 1. The predicted octanol–water partition coefficient (Wildman–Crippen LogP) is 2.80. The lowest BCUT2D eigenvalue weighted by atomic mass is 10.2. The molecule has 1 aliphatic carbocycles. The smallest absolute Gasteiger partial charge is 0.407 e. The van der Waals surface area contributed by atoms with Crippen molar-refractivity contribution in [2.75, 3.05) is 0 Å². The van der Waals surface area contributed by atoms with Crippen molar-refractivity contribution in [3.63, 3.8) is 0 Å². The van der Waals surface area contributed by atoms with Crippen LogP contribution in [0.15, 0.2) is 30.3 Å². The summed E-state index contributed by atoms with van der Waals surface area (Å²) in [4.78, 5) is 11.4. The summed E-state index contributed by atoms with van der Waals surface area (Å²) in [7, 11) is 0. The summed E-state index contributed by atoms with van der Waals surface area (Å²) in [6.45, 7) is 0.248. The molecule has 4 heteroatoms. The van der Waals surface area contributed by atoms with Gasteiger partial charge in [-0.25, -0.2) is 9.18 Å². The SMILES string of the molecule is O=C(N[C@H]1CC[C@@H](F)C1)OCc1ccccc1. The maximum Gasteiger partial charge on any atom is 0.407 e. The van der Waals surface area contributed by atoms with Crippen molar-refractivity contribution in [1.82, 2.24) is 5.32 Å². The molecule has 92 valence electrons. The Bertz CT molecular complexity index is 369. The first-order valence-electron chi connectivity index (χ1n) is 5.85. The molecule has 17 heavy (non-hydrogen) atoms. The van der Waals surface area contributed by atoms with Crippen LogP contribution in [0, 0.1) is 0 Å². The lowest BCUT2D eigenvalue weighted by Gasteiger charge is -2.12. The van der Waals surface area contributed by atoms with Crippen molar-refractivity contribution in [2.24, 2.45) is 0 Å². The molecule has 1 aliphatic rings. The van der Waals surface area contributed by atoms with E-state index < -0.39 is 12.3 Å². The molecule has 0 heterocycles. The van der Waals surface area contributed by atoms with E-state index >= 15 is 0 Å². The second-order valence-electron chi connectivity index (χ2n) is 4.31. The van der Waals surface area contributed by atoms with Gasteiger partial charge in [-0.2, -0.15) is 0 Å². The molecule has 0 aromatic heterocycles. The summed E-state index contributed by atoms with van der Waals surface area (Å²) in [6.07, 6.45) is 0.383. The monoisotopic (exact) mass is 237 g/mol. The molecule has 0 bridgehead atoms. The van der Waals surface area contributed by atoms with E-state index in [0.29, 0.717) is 19.3 Å². The van der Waals surface area contributed by atoms with E-state index in [1.807, 2.05) is 30.3 Å². The van der Waals surface area contributed by atoms with Crippen LogP contribution in [-0.4, -0.2) is 18.3 Å². The zero-order chi connectivity index (χ0) is 12.1. The normalized spacial score (nSPS) is 23.4. The van der Waals surface area contributed by atoms with Crippen molar-refractivity contribution < 1.29 is 13.9 Å². The number of alkyl carbamates (subject to hydrolysis) is 1. The minimum atomic E-state index is -0.783. The van der Waals surface area contributed by atoms with Crippen molar-refractivity contribution in [2.45, 2.75) is 38.1 Å². The van der Waals surface area contributed by atoms with Gasteiger partial charge in [0.1, 0.15) is 12.8 Å². The van der Waals surface area contributed by atoms with Crippen LogP contribution in [0.25, 0.3) is 0 Å². The van der Waals surface area contributed by atoms with E-state index in [2.05, 4.69) is 5.32 Å². The van der Waals surface area contributed by atoms with Gasteiger partial charge in [-0.1, -0.05) is 30.3 Å². The summed E-state index contributed by atoms with van der Waals surface area (Å²) in [5, 5.41) is 2.68. The number of carbonyl (C=O) groups excluding carboxylic acids is 1. The number of alkyl halides is 1. The second kappa shape index (κ2) is 5.66. The molecule has 0 aliphatic heterocycles. The fourth-order valence-corrected chi connectivity index (χ4v) is 1.99. The summed E-state index contributed by atoms with van der Waals surface area (Å²) in [5.74, 6) is 0. The van der Waals surface area contributed by atoms with Gasteiger partial charge in [-0.05, 0) is 24.8 Å². The molecule has 0 unspecified atom stereocenters. The Morgan fingerprint density at radius 3 is 2.76 bits per heavy atom. The maximum atomic E-state index is 12.9. The first-order chi connectivity index (χ1) is 8.24. The molecule has 1 aromatic carbocycles. The van der Waals surface area contributed by atoms with Gasteiger partial charge in [0.25, 0.3) is 0 Å². The third kappa shape index (κ3) is 3.73. The summed E-state index contributed by atoms with van der Waals surface area (Å²) < 4.78 is 17.9. The number of rotatable bonds is 3. The minimum absolute atomic E-state index is 0.0757. The number of ether oxygens (including phenoxy) is 1. The highest BCUT2D eigenvalue weighted by atomic mass is 19.1. The standard InChI is InChI=1S/C13H16FNO2/c14-11-6-7-12(8-11)15-13(16)17-9-10-4-2-1-3-5-10/h1-5,11-12H,6-9H2,(H,15,16)/t11-,12+/m1/s1. The van der Waals surface area contributed by atoms with E-state index in [0.717, 1.165) is 5.56 Å². The summed E-state index contributed by atoms with van der Waals surface area (Å²) >= 11 is 0. The molecule has 0 radical (unpaired) electrons. The largest absolute Gasteiger partial charge is 0.445 e. The Morgan fingerprint density at radius 2 is 2.12 bits per heavy atom. The molecule has 1 saturated carbocycles. The van der Waals surface area contributed by atoms with E-state index in [4.69, 9.17) is 4.74 Å². The predicted molar refractivity (Wildman–Crippen MR) is 62.3 cm³/mol. The van der Waals surface area contributed by atoms with Crippen molar-refractivity contribution in [3.8, 4) is 0 Å². The maximum absolute atomic E-state index is 12.9. The third-order valence-electron chi connectivity index (χ3n) is 2.90. The van der Waals surface area contributed by atoms with Gasteiger partial charge in [0, 0.05) is 6.04 Å². The number of hydrogen-bond donors (Lipinski definition) is 1. The zero-order valence-corrected chi connectivity index (χ0v) is 9.56. The average Bonchev–Trinajstić information content (AvgIpc) is 2.73. The van der Waals surface area contributed by atoms with Crippen molar-refractivity contribution in [1.29, 1.82) is 0 Å². The molecule has 0 saturated heterocycles. The van der Waals surface area contributed by atoms with E-state index in [1.165, 1.54) is 0 Å². The molecule has 1 fully saturated rings. The quantitative estimate of drug-likeness (QED) is 0.877. The van der Waals surface area contributed by atoms with E-state index in [-0.39, 0.29) is 12.6 Å². The van der Waals surface area contributed by atoms with Crippen LogP contribution in [0.3, 0.4) is 0 Å². The van der Waals surface area contributed by atoms with E-state index in [1.54, 1.807) is 0 Å².